The number of hydrogen-bond acceptors (Lipinski definition) is 8. The van der Waals surface area contributed by atoms with Crippen molar-refractivity contribution in [1.82, 2.24) is 4.98 Å². The third-order valence-electron chi connectivity index (χ3n) is 5.94. The Morgan fingerprint density at radius 2 is 1.82 bits per heavy atom. The molecule has 3 aromatic rings. The molecular formula is C29H25ClN2O6S. The standard InChI is InChI=1S/C29H25ClN2O6S/c1-5-13-37-21-12-9-19(15-16(21)3)24(33)22-23(18-7-10-20(30)11-8-18)32(27(35)25(22)34)29-31-17(4)26(39-29)28(36)38-14-6-2/h5-12,15,23,33H,1-2,13-14H2,3-4H3. The molecule has 1 N–H and O–H groups in total. The maximum Gasteiger partial charge on any atom is 0.350 e. The van der Waals surface area contributed by atoms with Crippen LogP contribution in [0.1, 0.15) is 38.1 Å². The van der Waals surface area contributed by atoms with Gasteiger partial charge in [0.25, 0.3) is 5.78 Å². The number of ether oxygens (including phenoxy) is 2. The number of aryl methyl sites for hydroxylation is 2. The molecule has 39 heavy (non-hydrogen) atoms. The third-order valence-corrected chi connectivity index (χ3v) is 7.33. The molecule has 200 valence electrons. The van der Waals surface area contributed by atoms with Crippen LogP contribution in [-0.2, 0) is 14.3 Å². The molecule has 0 aliphatic carbocycles. The molecule has 1 amide bonds. The summed E-state index contributed by atoms with van der Waals surface area (Å²) < 4.78 is 10.7. The molecule has 1 atom stereocenters. The van der Waals surface area contributed by atoms with Crippen LogP contribution in [0.4, 0.5) is 5.13 Å². The number of halogens is 1. The lowest BCUT2D eigenvalue weighted by Crippen LogP contribution is -2.29. The number of carbonyl (C=O) groups excluding carboxylic acids is 3. The summed E-state index contributed by atoms with van der Waals surface area (Å²) in [5, 5.41) is 12.0. The second-order valence-corrected chi connectivity index (χ2v) is 10.0. The van der Waals surface area contributed by atoms with Gasteiger partial charge in [-0.25, -0.2) is 9.78 Å². The average Bonchev–Trinajstić information content (AvgIpc) is 3.43. The highest BCUT2D eigenvalue weighted by Crippen LogP contribution is 2.44. The fourth-order valence-electron chi connectivity index (χ4n) is 4.13. The molecule has 0 saturated carbocycles. The largest absolute Gasteiger partial charge is 0.507 e. The van der Waals surface area contributed by atoms with Crippen molar-refractivity contribution >= 4 is 51.5 Å². The van der Waals surface area contributed by atoms with Gasteiger partial charge in [0.2, 0.25) is 0 Å². The van der Waals surface area contributed by atoms with Crippen LogP contribution in [0, 0.1) is 13.8 Å². The van der Waals surface area contributed by atoms with Gasteiger partial charge >= 0.3 is 11.9 Å². The number of amides is 1. The lowest BCUT2D eigenvalue weighted by molar-refractivity contribution is -0.132. The van der Waals surface area contributed by atoms with Crippen LogP contribution >= 0.6 is 22.9 Å². The molecule has 1 fully saturated rings. The average molecular weight is 565 g/mol. The van der Waals surface area contributed by atoms with E-state index >= 15 is 0 Å². The van der Waals surface area contributed by atoms with Gasteiger partial charge < -0.3 is 14.6 Å². The Labute approximate surface area is 234 Å². The van der Waals surface area contributed by atoms with Gasteiger partial charge in [-0.05, 0) is 55.3 Å². The summed E-state index contributed by atoms with van der Waals surface area (Å²) in [6, 6.07) is 10.5. The quantitative estimate of drug-likeness (QED) is 0.113. The molecule has 1 aliphatic heterocycles. The van der Waals surface area contributed by atoms with Crippen LogP contribution < -0.4 is 9.64 Å². The molecule has 1 unspecified atom stereocenters. The first-order chi connectivity index (χ1) is 18.7. The highest BCUT2D eigenvalue weighted by atomic mass is 35.5. The molecule has 0 bridgehead atoms. The van der Waals surface area contributed by atoms with Gasteiger partial charge in [0.15, 0.2) is 5.13 Å². The molecular weight excluding hydrogens is 540 g/mol. The van der Waals surface area contributed by atoms with Crippen molar-refractivity contribution in [3.63, 3.8) is 0 Å². The van der Waals surface area contributed by atoms with Gasteiger partial charge in [-0.2, -0.15) is 0 Å². The summed E-state index contributed by atoms with van der Waals surface area (Å²) in [5.74, 6) is -2.16. The van der Waals surface area contributed by atoms with Gasteiger partial charge in [0, 0.05) is 10.6 Å². The van der Waals surface area contributed by atoms with Crippen molar-refractivity contribution in [3.05, 3.63) is 106 Å². The second-order valence-electron chi connectivity index (χ2n) is 8.60. The number of Topliss-reactive ketones (excluding diaryl/α,β-unsaturated/α-hetero) is 1. The van der Waals surface area contributed by atoms with Crippen molar-refractivity contribution in [1.29, 1.82) is 0 Å². The molecule has 4 rings (SSSR count). The van der Waals surface area contributed by atoms with E-state index in [0.29, 0.717) is 34.2 Å². The maximum atomic E-state index is 13.4. The summed E-state index contributed by atoms with van der Waals surface area (Å²) in [4.78, 5) is 45.1. The van der Waals surface area contributed by atoms with Gasteiger partial charge in [0.1, 0.15) is 29.6 Å². The van der Waals surface area contributed by atoms with Crippen molar-refractivity contribution < 1.29 is 29.0 Å². The minimum atomic E-state index is -1.03. The van der Waals surface area contributed by atoms with E-state index in [1.807, 2.05) is 0 Å². The van der Waals surface area contributed by atoms with Crippen molar-refractivity contribution in [2.24, 2.45) is 0 Å². The number of carbonyl (C=O) groups is 3. The number of ketones is 1. The summed E-state index contributed by atoms with van der Waals surface area (Å²) in [5.41, 5.74) is 1.79. The lowest BCUT2D eigenvalue weighted by Gasteiger charge is -2.23. The molecule has 2 heterocycles. The Balaban J connectivity index is 1.85. The number of anilines is 1. The topological polar surface area (TPSA) is 106 Å². The Morgan fingerprint density at radius 1 is 1.13 bits per heavy atom. The summed E-state index contributed by atoms with van der Waals surface area (Å²) in [6.45, 7) is 10.9. The smallest absolute Gasteiger partial charge is 0.350 e. The lowest BCUT2D eigenvalue weighted by atomic mass is 9.95. The van der Waals surface area contributed by atoms with Crippen LogP contribution in [0.15, 0.2) is 73.3 Å². The predicted molar refractivity (Wildman–Crippen MR) is 150 cm³/mol. The Bertz CT molecular complexity index is 1510. The summed E-state index contributed by atoms with van der Waals surface area (Å²) in [6.07, 6.45) is 3.06. The number of aliphatic hydroxyl groups is 1. The van der Waals surface area contributed by atoms with Gasteiger partial charge in [-0.1, -0.05) is 60.4 Å². The molecule has 1 saturated heterocycles. The first-order valence-electron chi connectivity index (χ1n) is 11.8. The Morgan fingerprint density at radius 3 is 2.46 bits per heavy atom. The minimum absolute atomic E-state index is 0.0115. The molecule has 2 aromatic carbocycles. The van der Waals surface area contributed by atoms with Crippen LogP contribution in [0.3, 0.4) is 0 Å². The molecule has 0 spiro atoms. The predicted octanol–water partition coefficient (Wildman–Crippen LogP) is 5.95. The van der Waals surface area contributed by atoms with E-state index in [9.17, 15) is 19.5 Å². The molecule has 0 radical (unpaired) electrons. The number of aromatic nitrogens is 1. The van der Waals surface area contributed by atoms with Gasteiger partial charge in [0.05, 0.1) is 17.3 Å². The number of rotatable bonds is 9. The zero-order chi connectivity index (χ0) is 28.3. The number of thiazole rings is 1. The minimum Gasteiger partial charge on any atom is -0.507 e. The van der Waals surface area contributed by atoms with Crippen molar-refractivity contribution in [2.45, 2.75) is 19.9 Å². The van der Waals surface area contributed by atoms with E-state index in [1.54, 1.807) is 62.4 Å². The summed E-state index contributed by atoms with van der Waals surface area (Å²) >= 11 is 7.02. The highest BCUT2D eigenvalue weighted by molar-refractivity contribution is 7.17. The van der Waals surface area contributed by atoms with E-state index in [-0.39, 0.29) is 27.9 Å². The Hall–Kier alpha value is -4.21. The molecule has 10 heteroatoms. The van der Waals surface area contributed by atoms with Gasteiger partial charge in [-0.3, -0.25) is 14.5 Å². The van der Waals surface area contributed by atoms with E-state index in [2.05, 4.69) is 18.1 Å². The van der Waals surface area contributed by atoms with E-state index in [4.69, 9.17) is 21.1 Å². The molecule has 8 nitrogen and oxygen atoms in total. The first kappa shape index (κ1) is 27.8. The highest BCUT2D eigenvalue weighted by Gasteiger charge is 2.48. The number of hydrogen-bond donors (Lipinski definition) is 1. The van der Waals surface area contributed by atoms with Crippen LogP contribution in [0.2, 0.25) is 5.02 Å². The number of aliphatic hydroxyl groups excluding tert-OH is 1. The number of nitrogens with zero attached hydrogens (tertiary/aromatic N) is 2. The second kappa shape index (κ2) is 11.7. The molecule has 1 aromatic heterocycles. The first-order valence-corrected chi connectivity index (χ1v) is 13.0. The SMILES string of the molecule is C=CCOC(=O)c1sc(N2C(=O)C(=O)C(=C(O)c3ccc(OCC=C)c(C)c3)C2c2ccc(Cl)cc2)nc1C. The van der Waals surface area contributed by atoms with Gasteiger partial charge in [-0.15, -0.1) is 0 Å². The van der Waals surface area contributed by atoms with Crippen LogP contribution in [0.25, 0.3) is 5.76 Å². The Kier molecular flexibility index (Phi) is 8.32. The van der Waals surface area contributed by atoms with Crippen LogP contribution in [-0.4, -0.2) is 41.0 Å². The van der Waals surface area contributed by atoms with E-state index in [0.717, 1.165) is 16.9 Å². The maximum absolute atomic E-state index is 13.4. The van der Waals surface area contributed by atoms with E-state index < -0.39 is 23.7 Å². The molecule has 1 aliphatic rings. The number of benzene rings is 2. The van der Waals surface area contributed by atoms with Crippen LogP contribution in [0.5, 0.6) is 5.75 Å². The third kappa shape index (κ3) is 5.50. The van der Waals surface area contributed by atoms with Crippen molar-refractivity contribution in [3.8, 4) is 5.75 Å². The normalized spacial score (nSPS) is 16.3. The zero-order valence-electron chi connectivity index (χ0n) is 21.3. The fourth-order valence-corrected chi connectivity index (χ4v) is 5.24. The number of esters is 1. The fraction of sp³-hybridized carbons (Fsp3) is 0.172. The van der Waals surface area contributed by atoms with Crippen molar-refractivity contribution in [2.75, 3.05) is 18.1 Å². The van der Waals surface area contributed by atoms with E-state index in [1.165, 1.54) is 11.0 Å². The zero-order valence-corrected chi connectivity index (χ0v) is 22.8. The summed E-state index contributed by atoms with van der Waals surface area (Å²) in [7, 11) is 0. The monoisotopic (exact) mass is 564 g/mol.